The molecule has 1 amide bonds. The van der Waals surface area contributed by atoms with E-state index in [1.807, 2.05) is 39.0 Å². The van der Waals surface area contributed by atoms with Crippen molar-refractivity contribution in [1.29, 1.82) is 0 Å². The molecular formula is C17H26N2O2. The van der Waals surface area contributed by atoms with Crippen molar-refractivity contribution < 1.29 is 9.53 Å². The predicted molar refractivity (Wildman–Crippen MR) is 87.0 cm³/mol. The molecule has 0 saturated heterocycles. The van der Waals surface area contributed by atoms with Gasteiger partial charge in [0, 0.05) is 16.9 Å². The summed E-state index contributed by atoms with van der Waals surface area (Å²) < 4.78 is 5.28. The van der Waals surface area contributed by atoms with Crippen LogP contribution in [0.1, 0.15) is 59.4 Å². The fourth-order valence-corrected chi connectivity index (χ4v) is 2.87. The van der Waals surface area contributed by atoms with Crippen LogP contribution in [0.15, 0.2) is 18.2 Å². The number of nitrogens with one attached hydrogen (secondary N) is 2. The number of rotatable bonds is 1. The molecule has 0 bridgehead atoms. The van der Waals surface area contributed by atoms with Crippen molar-refractivity contribution in [3.05, 3.63) is 23.8 Å². The topological polar surface area (TPSA) is 50.4 Å². The third-order valence-corrected chi connectivity index (χ3v) is 3.52. The van der Waals surface area contributed by atoms with Crippen molar-refractivity contribution >= 4 is 17.5 Å². The number of ether oxygens (including phenoxy) is 1. The Hall–Kier alpha value is -1.71. The molecule has 4 heteroatoms. The van der Waals surface area contributed by atoms with E-state index in [2.05, 4.69) is 31.4 Å². The van der Waals surface area contributed by atoms with Crippen molar-refractivity contribution in [1.82, 2.24) is 0 Å². The van der Waals surface area contributed by atoms with E-state index in [4.69, 9.17) is 4.74 Å². The van der Waals surface area contributed by atoms with Crippen LogP contribution in [0.4, 0.5) is 16.2 Å². The van der Waals surface area contributed by atoms with Crippen LogP contribution in [0.2, 0.25) is 0 Å². The van der Waals surface area contributed by atoms with E-state index < -0.39 is 11.7 Å². The highest BCUT2D eigenvalue weighted by Crippen LogP contribution is 2.39. The van der Waals surface area contributed by atoms with Gasteiger partial charge >= 0.3 is 6.09 Å². The summed E-state index contributed by atoms with van der Waals surface area (Å²) in [6, 6.07) is 5.97. The van der Waals surface area contributed by atoms with Crippen molar-refractivity contribution in [2.45, 2.75) is 65.0 Å². The Bertz CT molecular complexity index is 544. The van der Waals surface area contributed by atoms with Gasteiger partial charge in [-0.2, -0.15) is 0 Å². The maximum atomic E-state index is 11.8. The van der Waals surface area contributed by atoms with Crippen molar-refractivity contribution in [2.75, 3.05) is 10.6 Å². The molecule has 0 saturated carbocycles. The van der Waals surface area contributed by atoms with E-state index in [0.29, 0.717) is 5.92 Å². The van der Waals surface area contributed by atoms with Crippen LogP contribution in [0.25, 0.3) is 0 Å². The van der Waals surface area contributed by atoms with E-state index >= 15 is 0 Å². The average molecular weight is 290 g/mol. The van der Waals surface area contributed by atoms with Crippen LogP contribution in [0, 0.1) is 0 Å². The first-order valence-electron chi connectivity index (χ1n) is 7.48. The number of hydrogen-bond acceptors (Lipinski definition) is 3. The zero-order valence-corrected chi connectivity index (χ0v) is 13.8. The van der Waals surface area contributed by atoms with Gasteiger partial charge in [-0.25, -0.2) is 4.79 Å². The van der Waals surface area contributed by atoms with E-state index in [0.717, 1.165) is 17.8 Å². The van der Waals surface area contributed by atoms with Gasteiger partial charge in [-0.15, -0.1) is 0 Å². The molecule has 2 N–H and O–H groups in total. The molecule has 116 valence electrons. The lowest BCUT2D eigenvalue weighted by atomic mass is 9.82. The fraction of sp³-hybridized carbons (Fsp3) is 0.588. The zero-order chi connectivity index (χ0) is 15.8. The van der Waals surface area contributed by atoms with E-state index in [1.165, 1.54) is 5.56 Å². The molecule has 1 atom stereocenters. The summed E-state index contributed by atoms with van der Waals surface area (Å²) in [5.41, 5.74) is 2.77. The number of amides is 1. The summed E-state index contributed by atoms with van der Waals surface area (Å²) in [5, 5.41) is 6.34. The van der Waals surface area contributed by atoms with Crippen LogP contribution in [0.3, 0.4) is 0 Å². The monoisotopic (exact) mass is 290 g/mol. The van der Waals surface area contributed by atoms with Gasteiger partial charge in [0.15, 0.2) is 0 Å². The van der Waals surface area contributed by atoms with Gasteiger partial charge in [-0.1, -0.05) is 6.92 Å². The van der Waals surface area contributed by atoms with Gasteiger partial charge in [-0.05, 0) is 70.7 Å². The van der Waals surface area contributed by atoms with Gasteiger partial charge in [0.05, 0.1) is 0 Å². The summed E-state index contributed by atoms with van der Waals surface area (Å²) >= 11 is 0. The first-order chi connectivity index (χ1) is 9.56. The Morgan fingerprint density at radius 1 is 1.38 bits per heavy atom. The molecule has 0 radical (unpaired) electrons. The standard InChI is InChI=1S/C17H26N2O2/c1-11-10-17(5,6)19-14-8-7-12(9-13(11)14)18-15(20)21-16(2,3)4/h7-9,11,19H,10H2,1-6H3,(H,18,20). The minimum Gasteiger partial charge on any atom is -0.444 e. The Kier molecular flexibility index (Phi) is 3.91. The lowest BCUT2D eigenvalue weighted by molar-refractivity contribution is 0.0636. The average Bonchev–Trinajstić information content (AvgIpc) is 2.26. The summed E-state index contributed by atoms with van der Waals surface area (Å²) in [6.45, 7) is 12.2. The second kappa shape index (κ2) is 5.24. The normalized spacial score (nSPS) is 20.2. The molecular weight excluding hydrogens is 264 g/mol. The Morgan fingerprint density at radius 2 is 2.05 bits per heavy atom. The van der Waals surface area contributed by atoms with Crippen LogP contribution < -0.4 is 10.6 Å². The van der Waals surface area contributed by atoms with E-state index in [1.54, 1.807) is 0 Å². The van der Waals surface area contributed by atoms with Crippen molar-refractivity contribution in [2.24, 2.45) is 0 Å². The van der Waals surface area contributed by atoms with Gasteiger partial charge in [0.1, 0.15) is 5.60 Å². The lowest BCUT2D eigenvalue weighted by Gasteiger charge is -2.37. The number of hydrogen-bond donors (Lipinski definition) is 2. The molecule has 1 heterocycles. The molecule has 1 aromatic carbocycles. The third kappa shape index (κ3) is 4.13. The summed E-state index contributed by atoms with van der Waals surface area (Å²) in [4.78, 5) is 11.8. The predicted octanol–water partition coefficient (Wildman–Crippen LogP) is 4.73. The van der Waals surface area contributed by atoms with Crippen LogP contribution in [-0.4, -0.2) is 17.2 Å². The van der Waals surface area contributed by atoms with Crippen LogP contribution in [0.5, 0.6) is 0 Å². The highest BCUT2D eigenvalue weighted by atomic mass is 16.6. The second-order valence-electron chi connectivity index (χ2n) is 7.54. The minimum atomic E-state index is -0.489. The largest absolute Gasteiger partial charge is 0.444 e. The quantitative estimate of drug-likeness (QED) is 0.786. The molecule has 0 spiro atoms. The molecule has 1 aromatic rings. The van der Waals surface area contributed by atoms with Gasteiger partial charge < -0.3 is 10.1 Å². The molecule has 1 unspecified atom stereocenters. The number of fused-ring (bicyclic) bond motifs is 1. The van der Waals surface area contributed by atoms with Gasteiger partial charge in [0.2, 0.25) is 0 Å². The first-order valence-corrected chi connectivity index (χ1v) is 7.48. The number of carbonyl (C=O) groups is 1. The molecule has 4 nitrogen and oxygen atoms in total. The van der Waals surface area contributed by atoms with Crippen LogP contribution >= 0.6 is 0 Å². The summed E-state index contributed by atoms with van der Waals surface area (Å²) in [5.74, 6) is 0.455. The third-order valence-electron chi connectivity index (χ3n) is 3.52. The Morgan fingerprint density at radius 3 is 2.67 bits per heavy atom. The Labute approximate surface area is 127 Å². The molecule has 0 aliphatic carbocycles. The van der Waals surface area contributed by atoms with Crippen LogP contribution in [-0.2, 0) is 4.74 Å². The fourth-order valence-electron chi connectivity index (χ4n) is 2.87. The molecule has 1 aliphatic heterocycles. The number of anilines is 2. The lowest BCUT2D eigenvalue weighted by Crippen LogP contribution is -2.36. The number of carbonyl (C=O) groups excluding carboxylic acids is 1. The number of benzene rings is 1. The maximum Gasteiger partial charge on any atom is 0.412 e. The molecule has 1 aliphatic rings. The highest BCUT2D eigenvalue weighted by molar-refractivity contribution is 5.85. The van der Waals surface area contributed by atoms with Gasteiger partial charge in [0.25, 0.3) is 0 Å². The molecule has 0 aromatic heterocycles. The Balaban J connectivity index is 2.15. The van der Waals surface area contributed by atoms with E-state index in [9.17, 15) is 4.79 Å². The molecule has 21 heavy (non-hydrogen) atoms. The summed E-state index contributed by atoms with van der Waals surface area (Å²) in [7, 11) is 0. The zero-order valence-electron chi connectivity index (χ0n) is 13.8. The highest BCUT2D eigenvalue weighted by Gasteiger charge is 2.29. The molecule has 0 fully saturated rings. The minimum absolute atomic E-state index is 0.104. The SMILES string of the molecule is CC1CC(C)(C)Nc2ccc(NC(=O)OC(C)(C)C)cc21. The summed E-state index contributed by atoms with van der Waals surface area (Å²) in [6.07, 6.45) is 0.648. The first kappa shape index (κ1) is 15.7. The van der Waals surface area contributed by atoms with Crippen molar-refractivity contribution in [3.63, 3.8) is 0 Å². The van der Waals surface area contributed by atoms with Crippen molar-refractivity contribution in [3.8, 4) is 0 Å². The molecule has 2 rings (SSSR count). The smallest absolute Gasteiger partial charge is 0.412 e. The maximum absolute atomic E-state index is 11.8. The van der Waals surface area contributed by atoms with Gasteiger partial charge in [-0.3, -0.25) is 5.32 Å². The van der Waals surface area contributed by atoms with E-state index in [-0.39, 0.29) is 5.54 Å². The second-order valence-corrected chi connectivity index (χ2v) is 7.54.